The molecule has 2 aromatic heterocycles. The number of aryl methyl sites for hydroxylation is 1. The van der Waals surface area contributed by atoms with Crippen LogP contribution in [0.3, 0.4) is 0 Å². The lowest BCUT2D eigenvalue weighted by Crippen LogP contribution is -2.19. The number of nitrogens with one attached hydrogen (secondary N) is 1. The molecule has 0 atom stereocenters. The Bertz CT molecular complexity index is 987. The normalized spacial score (nSPS) is 11.3. The second kappa shape index (κ2) is 7.10. The summed E-state index contributed by atoms with van der Waals surface area (Å²) in [6, 6.07) is 7.27. The Morgan fingerprint density at radius 1 is 1.07 bits per heavy atom. The van der Waals surface area contributed by atoms with E-state index in [1.54, 1.807) is 12.1 Å². The molecule has 27 heavy (non-hydrogen) atoms. The summed E-state index contributed by atoms with van der Waals surface area (Å²) in [7, 11) is 0. The molecule has 2 heterocycles. The zero-order valence-electron chi connectivity index (χ0n) is 13.9. The molecule has 1 amide bonds. The van der Waals surface area contributed by atoms with Crippen LogP contribution in [0.15, 0.2) is 48.9 Å². The summed E-state index contributed by atoms with van der Waals surface area (Å²) < 4.78 is 53.5. The van der Waals surface area contributed by atoms with Gasteiger partial charge in [0.05, 0.1) is 18.1 Å². The molecule has 0 saturated carbocycles. The minimum atomic E-state index is -4.85. The van der Waals surface area contributed by atoms with E-state index in [2.05, 4.69) is 20.3 Å². The van der Waals surface area contributed by atoms with Crippen LogP contribution < -0.4 is 5.32 Å². The van der Waals surface area contributed by atoms with Gasteiger partial charge in [-0.15, -0.1) is 0 Å². The average Bonchev–Trinajstić information content (AvgIpc) is 2.61. The van der Waals surface area contributed by atoms with Gasteiger partial charge in [-0.05, 0) is 25.1 Å². The van der Waals surface area contributed by atoms with Gasteiger partial charge in [-0.3, -0.25) is 9.78 Å². The van der Waals surface area contributed by atoms with Crippen molar-refractivity contribution < 1.29 is 22.4 Å². The van der Waals surface area contributed by atoms with Crippen LogP contribution in [0, 0.1) is 12.7 Å². The van der Waals surface area contributed by atoms with Gasteiger partial charge in [0, 0.05) is 17.3 Å². The summed E-state index contributed by atoms with van der Waals surface area (Å²) in [6.45, 7) is 1.82. The standard InChI is InChI=1S/C18H12F4N4O/c1-10-2-4-11(5-3-10)17(27)25-14-9-24-16(26-15(14)18(20,21)22)12-6-13(19)8-23-7-12/h2-9H,1H3,(H,25,27). The lowest BCUT2D eigenvalue weighted by Gasteiger charge is -2.14. The van der Waals surface area contributed by atoms with Gasteiger partial charge in [-0.25, -0.2) is 14.4 Å². The molecular formula is C18H12F4N4O. The number of rotatable bonds is 3. The Morgan fingerprint density at radius 3 is 2.41 bits per heavy atom. The minimum Gasteiger partial charge on any atom is -0.319 e. The van der Waals surface area contributed by atoms with Crippen molar-refractivity contribution in [2.24, 2.45) is 0 Å². The zero-order chi connectivity index (χ0) is 19.6. The molecular weight excluding hydrogens is 364 g/mol. The molecule has 3 aromatic rings. The Morgan fingerprint density at radius 2 is 1.78 bits per heavy atom. The highest BCUT2D eigenvalue weighted by Gasteiger charge is 2.37. The fourth-order valence-corrected chi connectivity index (χ4v) is 2.26. The zero-order valence-corrected chi connectivity index (χ0v) is 13.9. The third kappa shape index (κ3) is 4.25. The number of benzene rings is 1. The molecule has 1 N–H and O–H groups in total. The van der Waals surface area contributed by atoms with E-state index in [-0.39, 0.29) is 17.0 Å². The van der Waals surface area contributed by atoms with Crippen molar-refractivity contribution in [1.29, 1.82) is 0 Å². The van der Waals surface area contributed by atoms with E-state index in [9.17, 15) is 22.4 Å². The van der Waals surface area contributed by atoms with Crippen LogP contribution >= 0.6 is 0 Å². The third-order valence-corrected chi connectivity index (χ3v) is 3.58. The van der Waals surface area contributed by atoms with Crippen LogP contribution in [0.1, 0.15) is 21.6 Å². The van der Waals surface area contributed by atoms with Crippen molar-refractivity contribution >= 4 is 11.6 Å². The summed E-state index contributed by atoms with van der Waals surface area (Å²) in [5.41, 5.74) is -0.860. The van der Waals surface area contributed by atoms with E-state index in [1.165, 1.54) is 12.1 Å². The number of aromatic nitrogens is 3. The van der Waals surface area contributed by atoms with Crippen LogP contribution in [0.4, 0.5) is 23.2 Å². The van der Waals surface area contributed by atoms with E-state index < -0.39 is 29.3 Å². The quantitative estimate of drug-likeness (QED) is 0.694. The maximum atomic E-state index is 13.4. The van der Waals surface area contributed by atoms with Gasteiger partial charge >= 0.3 is 6.18 Å². The lowest BCUT2D eigenvalue weighted by atomic mass is 10.1. The number of carbonyl (C=O) groups is 1. The molecule has 0 aliphatic heterocycles. The number of anilines is 1. The number of hydrogen-bond donors (Lipinski definition) is 1. The van der Waals surface area contributed by atoms with E-state index in [1.807, 2.05) is 6.92 Å². The molecule has 0 fully saturated rings. The minimum absolute atomic E-state index is 0.0167. The first-order valence-corrected chi connectivity index (χ1v) is 7.67. The van der Waals surface area contributed by atoms with Gasteiger partial charge in [0.1, 0.15) is 5.82 Å². The summed E-state index contributed by atoms with van der Waals surface area (Å²) in [5.74, 6) is -1.83. The lowest BCUT2D eigenvalue weighted by molar-refractivity contribution is -0.140. The van der Waals surface area contributed by atoms with Crippen molar-refractivity contribution in [1.82, 2.24) is 15.0 Å². The predicted octanol–water partition coefficient (Wildman–Crippen LogP) is 4.26. The van der Waals surface area contributed by atoms with Gasteiger partial charge in [-0.1, -0.05) is 17.7 Å². The molecule has 1 aromatic carbocycles. The Balaban J connectivity index is 1.97. The first-order chi connectivity index (χ1) is 12.7. The summed E-state index contributed by atoms with van der Waals surface area (Å²) in [5, 5.41) is 2.17. The molecule has 0 bridgehead atoms. The number of pyridine rings is 1. The van der Waals surface area contributed by atoms with Gasteiger partial charge < -0.3 is 5.32 Å². The van der Waals surface area contributed by atoms with Crippen LogP contribution in [0.25, 0.3) is 11.4 Å². The summed E-state index contributed by atoms with van der Waals surface area (Å²) >= 11 is 0. The first-order valence-electron chi connectivity index (χ1n) is 7.67. The fourth-order valence-electron chi connectivity index (χ4n) is 2.26. The number of hydrogen-bond acceptors (Lipinski definition) is 4. The average molecular weight is 376 g/mol. The molecule has 0 unspecified atom stereocenters. The fraction of sp³-hybridized carbons (Fsp3) is 0.111. The van der Waals surface area contributed by atoms with E-state index in [4.69, 9.17) is 0 Å². The number of carbonyl (C=O) groups excluding carboxylic acids is 1. The molecule has 138 valence electrons. The van der Waals surface area contributed by atoms with Gasteiger partial charge in [0.2, 0.25) is 0 Å². The van der Waals surface area contributed by atoms with Crippen LogP contribution in [0.2, 0.25) is 0 Å². The second-order valence-electron chi connectivity index (χ2n) is 5.67. The summed E-state index contributed by atoms with van der Waals surface area (Å²) in [6.07, 6.45) is -1.97. The number of halogens is 4. The van der Waals surface area contributed by atoms with Crippen molar-refractivity contribution in [2.45, 2.75) is 13.1 Å². The highest BCUT2D eigenvalue weighted by Crippen LogP contribution is 2.34. The second-order valence-corrected chi connectivity index (χ2v) is 5.67. The Hall–Kier alpha value is -3.36. The maximum Gasteiger partial charge on any atom is 0.435 e. The SMILES string of the molecule is Cc1ccc(C(=O)Nc2cnc(-c3cncc(F)c3)nc2C(F)(F)F)cc1. The van der Waals surface area contributed by atoms with Crippen molar-refractivity contribution in [2.75, 3.05) is 5.32 Å². The van der Waals surface area contributed by atoms with E-state index >= 15 is 0 Å². The topological polar surface area (TPSA) is 67.8 Å². The van der Waals surface area contributed by atoms with Gasteiger partial charge in [-0.2, -0.15) is 13.2 Å². The molecule has 0 spiro atoms. The molecule has 0 radical (unpaired) electrons. The molecule has 9 heteroatoms. The Kier molecular flexibility index (Phi) is 4.85. The molecule has 5 nitrogen and oxygen atoms in total. The van der Waals surface area contributed by atoms with Gasteiger partial charge in [0.25, 0.3) is 5.91 Å². The predicted molar refractivity (Wildman–Crippen MR) is 89.4 cm³/mol. The van der Waals surface area contributed by atoms with Crippen LogP contribution in [0.5, 0.6) is 0 Å². The van der Waals surface area contributed by atoms with Crippen LogP contribution in [-0.2, 0) is 6.18 Å². The monoisotopic (exact) mass is 376 g/mol. The highest BCUT2D eigenvalue weighted by atomic mass is 19.4. The van der Waals surface area contributed by atoms with Crippen molar-refractivity contribution in [3.05, 3.63) is 71.6 Å². The van der Waals surface area contributed by atoms with E-state index in [0.717, 1.165) is 30.2 Å². The largest absolute Gasteiger partial charge is 0.435 e. The molecule has 0 aliphatic rings. The first kappa shape index (κ1) is 18.4. The molecule has 0 saturated heterocycles. The smallest absolute Gasteiger partial charge is 0.319 e. The number of alkyl halides is 3. The molecule has 3 rings (SSSR count). The number of amides is 1. The molecule has 0 aliphatic carbocycles. The van der Waals surface area contributed by atoms with E-state index in [0.29, 0.717) is 0 Å². The maximum absolute atomic E-state index is 13.4. The van der Waals surface area contributed by atoms with Crippen LogP contribution in [-0.4, -0.2) is 20.9 Å². The van der Waals surface area contributed by atoms with Crippen molar-refractivity contribution in [3.8, 4) is 11.4 Å². The number of nitrogens with zero attached hydrogens (tertiary/aromatic N) is 3. The summed E-state index contributed by atoms with van der Waals surface area (Å²) in [4.78, 5) is 23.0. The van der Waals surface area contributed by atoms with Gasteiger partial charge in [0.15, 0.2) is 11.5 Å². The highest BCUT2D eigenvalue weighted by molar-refractivity contribution is 6.04. The van der Waals surface area contributed by atoms with Crippen molar-refractivity contribution in [3.63, 3.8) is 0 Å². The third-order valence-electron chi connectivity index (χ3n) is 3.58. The Labute approximate surface area is 151 Å².